The second kappa shape index (κ2) is 5.47. The molecule has 20 heavy (non-hydrogen) atoms. The number of anilines is 1. The van der Waals surface area contributed by atoms with Crippen molar-refractivity contribution in [2.45, 2.75) is 32.2 Å². The summed E-state index contributed by atoms with van der Waals surface area (Å²) in [5.41, 5.74) is 3.67. The van der Waals surface area contributed by atoms with E-state index in [1.54, 1.807) is 5.38 Å². The maximum atomic E-state index is 11.1. The normalized spacial score (nSPS) is 13.6. The van der Waals surface area contributed by atoms with Crippen molar-refractivity contribution < 1.29 is 0 Å². The fourth-order valence-electron chi connectivity index (χ4n) is 2.43. The number of hydrogen-bond acceptors (Lipinski definition) is 5. The van der Waals surface area contributed by atoms with Crippen LogP contribution in [0.1, 0.15) is 35.4 Å². The maximum Gasteiger partial charge on any atom is 0.304 e. The van der Waals surface area contributed by atoms with Crippen LogP contribution in [0.2, 0.25) is 0 Å². The Morgan fingerprint density at radius 3 is 3.05 bits per heavy atom. The first kappa shape index (κ1) is 12.9. The van der Waals surface area contributed by atoms with Gasteiger partial charge in [0.25, 0.3) is 0 Å². The molecule has 0 spiro atoms. The summed E-state index contributed by atoms with van der Waals surface area (Å²) in [6.07, 6.45) is 4.31. The van der Waals surface area contributed by atoms with Crippen molar-refractivity contribution >= 4 is 17.2 Å². The predicted octanol–water partition coefficient (Wildman–Crippen LogP) is 2.19. The number of pyridine rings is 1. The number of aryl methyl sites for hydroxylation is 2. The fraction of sp³-hybridized carbons (Fsp3) is 0.357. The van der Waals surface area contributed by atoms with Crippen LogP contribution in [0.3, 0.4) is 0 Å². The molecule has 3 rings (SSSR count). The molecular weight excluding hydrogens is 272 g/mol. The van der Waals surface area contributed by atoms with Gasteiger partial charge in [0.05, 0.1) is 12.1 Å². The Hall–Kier alpha value is -2.13. The minimum atomic E-state index is -0.0688. The highest BCUT2D eigenvalue weighted by molar-refractivity contribution is 7.07. The molecule has 0 radical (unpaired) electrons. The molecule has 0 bridgehead atoms. The molecule has 0 unspecified atom stereocenters. The van der Waals surface area contributed by atoms with Crippen LogP contribution >= 0.6 is 11.3 Å². The molecule has 2 aromatic heterocycles. The lowest BCUT2D eigenvalue weighted by Crippen LogP contribution is -2.11. The molecule has 2 heterocycles. The zero-order valence-corrected chi connectivity index (χ0v) is 11.7. The summed E-state index contributed by atoms with van der Waals surface area (Å²) in [5, 5.41) is 14.2. The van der Waals surface area contributed by atoms with E-state index in [2.05, 4.69) is 21.4 Å². The smallest absolute Gasteiger partial charge is 0.304 e. The molecule has 2 aromatic rings. The van der Waals surface area contributed by atoms with E-state index >= 15 is 0 Å². The molecule has 0 saturated carbocycles. The van der Waals surface area contributed by atoms with E-state index in [1.165, 1.54) is 12.0 Å². The molecular formula is C14H14N4OS. The number of nitrogens with one attached hydrogen (secondary N) is 2. The standard InChI is InChI=1S/C14H14N4OS/c15-6-10-5-9-3-1-2-4-12(9)18-13(10)16-7-11-8-20-14(19)17-11/h5,8H,1-4,7H2,(H,16,18)(H,17,19). The zero-order valence-electron chi connectivity index (χ0n) is 10.9. The van der Waals surface area contributed by atoms with Gasteiger partial charge in [-0.05, 0) is 37.3 Å². The summed E-state index contributed by atoms with van der Waals surface area (Å²) < 4.78 is 0. The van der Waals surface area contributed by atoms with Gasteiger partial charge in [-0.3, -0.25) is 4.79 Å². The predicted molar refractivity (Wildman–Crippen MR) is 77.9 cm³/mol. The first-order valence-electron chi connectivity index (χ1n) is 6.60. The van der Waals surface area contributed by atoms with E-state index in [-0.39, 0.29) is 4.87 Å². The van der Waals surface area contributed by atoms with Crippen molar-refractivity contribution in [2.75, 3.05) is 5.32 Å². The molecule has 0 aromatic carbocycles. The first-order chi connectivity index (χ1) is 9.76. The largest absolute Gasteiger partial charge is 0.363 e. The molecule has 6 heteroatoms. The molecule has 1 aliphatic rings. The van der Waals surface area contributed by atoms with Crippen molar-refractivity contribution in [1.29, 1.82) is 5.26 Å². The van der Waals surface area contributed by atoms with Gasteiger partial charge in [0, 0.05) is 16.8 Å². The molecule has 5 nitrogen and oxygen atoms in total. The third-order valence-electron chi connectivity index (χ3n) is 3.44. The Kier molecular flexibility index (Phi) is 3.52. The summed E-state index contributed by atoms with van der Waals surface area (Å²) in [5.74, 6) is 0.611. The van der Waals surface area contributed by atoms with Crippen molar-refractivity contribution in [3.05, 3.63) is 43.6 Å². The van der Waals surface area contributed by atoms with Gasteiger partial charge in [-0.25, -0.2) is 4.98 Å². The van der Waals surface area contributed by atoms with Crippen LogP contribution in [0, 0.1) is 11.3 Å². The zero-order chi connectivity index (χ0) is 13.9. The molecule has 0 atom stereocenters. The molecule has 1 aliphatic carbocycles. The van der Waals surface area contributed by atoms with E-state index in [1.807, 2.05) is 6.07 Å². The monoisotopic (exact) mass is 286 g/mol. The quantitative estimate of drug-likeness (QED) is 0.906. The summed E-state index contributed by atoms with van der Waals surface area (Å²) in [6.45, 7) is 0.471. The Labute approximate surface area is 120 Å². The van der Waals surface area contributed by atoms with Crippen LogP contribution in [0.15, 0.2) is 16.2 Å². The minimum absolute atomic E-state index is 0.0688. The minimum Gasteiger partial charge on any atom is -0.363 e. The Morgan fingerprint density at radius 1 is 1.45 bits per heavy atom. The Balaban J connectivity index is 1.84. The van der Waals surface area contributed by atoms with E-state index < -0.39 is 0 Å². The van der Waals surface area contributed by atoms with Crippen LogP contribution < -0.4 is 10.2 Å². The second-order valence-corrected chi connectivity index (χ2v) is 5.68. The summed E-state index contributed by atoms with van der Waals surface area (Å²) in [4.78, 5) is 18.3. The number of H-pyrrole nitrogens is 1. The van der Waals surface area contributed by atoms with Crippen molar-refractivity contribution in [2.24, 2.45) is 0 Å². The van der Waals surface area contributed by atoms with Crippen LogP contribution in [0.5, 0.6) is 0 Å². The number of thiazole rings is 1. The van der Waals surface area contributed by atoms with Gasteiger partial charge < -0.3 is 10.3 Å². The van der Waals surface area contributed by atoms with E-state index in [4.69, 9.17) is 0 Å². The number of aromatic amines is 1. The number of nitriles is 1. The molecule has 2 N–H and O–H groups in total. The number of nitrogens with zero attached hydrogens (tertiary/aromatic N) is 2. The van der Waals surface area contributed by atoms with Gasteiger partial charge in [0.2, 0.25) is 0 Å². The average molecular weight is 286 g/mol. The lowest BCUT2D eigenvalue weighted by atomic mass is 9.95. The van der Waals surface area contributed by atoms with Crippen LogP contribution in [-0.4, -0.2) is 9.97 Å². The van der Waals surface area contributed by atoms with Crippen LogP contribution in [0.25, 0.3) is 0 Å². The second-order valence-electron chi connectivity index (χ2n) is 4.84. The first-order valence-corrected chi connectivity index (χ1v) is 7.47. The lowest BCUT2D eigenvalue weighted by Gasteiger charge is -2.17. The Morgan fingerprint density at radius 2 is 2.30 bits per heavy atom. The third-order valence-corrected chi connectivity index (χ3v) is 4.16. The van der Waals surface area contributed by atoms with Crippen molar-refractivity contribution in [1.82, 2.24) is 9.97 Å². The topological polar surface area (TPSA) is 81.6 Å². The highest BCUT2D eigenvalue weighted by atomic mass is 32.1. The third kappa shape index (κ3) is 2.58. The van der Waals surface area contributed by atoms with Crippen LogP contribution in [-0.2, 0) is 19.4 Å². The van der Waals surface area contributed by atoms with Gasteiger partial charge in [0.1, 0.15) is 11.9 Å². The summed E-state index contributed by atoms with van der Waals surface area (Å²) in [6, 6.07) is 4.14. The van der Waals surface area contributed by atoms with Crippen molar-refractivity contribution in [3.8, 4) is 6.07 Å². The molecule has 0 saturated heterocycles. The number of rotatable bonds is 3. The van der Waals surface area contributed by atoms with Gasteiger partial charge >= 0.3 is 4.87 Å². The van der Waals surface area contributed by atoms with Gasteiger partial charge in [0.15, 0.2) is 0 Å². The number of aromatic nitrogens is 2. The highest BCUT2D eigenvalue weighted by Gasteiger charge is 2.15. The van der Waals surface area contributed by atoms with Crippen LogP contribution in [0.4, 0.5) is 5.82 Å². The maximum absolute atomic E-state index is 11.1. The molecule has 0 aliphatic heterocycles. The molecule has 0 amide bonds. The highest BCUT2D eigenvalue weighted by Crippen LogP contribution is 2.24. The Bertz CT molecular complexity index is 726. The van der Waals surface area contributed by atoms with Gasteiger partial charge in [-0.1, -0.05) is 11.3 Å². The van der Waals surface area contributed by atoms with E-state index in [0.29, 0.717) is 17.9 Å². The summed E-state index contributed by atoms with van der Waals surface area (Å²) >= 11 is 1.14. The average Bonchev–Trinajstić information content (AvgIpc) is 2.89. The molecule has 0 fully saturated rings. The summed E-state index contributed by atoms with van der Waals surface area (Å²) in [7, 11) is 0. The van der Waals surface area contributed by atoms with Gasteiger partial charge in [-0.15, -0.1) is 0 Å². The molecule has 102 valence electrons. The lowest BCUT2D eigenvalue weighted by molar-refractivity contribution is 0.668. The SMILES string of the molecule is N#Cc1cc2c(nc1NCc1csc(=O)[nH]1)CCCC2. The van der Waals surface area contributed by atoms with Gasteiger partial charge in [-0.2, -0.15) is 5.26 Å². The number of hydrogen-bond donors (Lipinski definition) is 2. The van der Waals surface area contributed by atoms with Crippen molar-refractivity contribution in [3.63, 3.8) is 0 Å². The van der Waals surface area contributed by atoms with E-state index in [0.717, 1.165) is 42.0 Å². The fourth-order valence-corrected chi connectivity index (χ4v) is 3.01. The number of fused-ring (bicyclic) bond motifs is 1. The van der Waals surface area contributed by atoms with E-state index in [9.17, 15) is 10.1 Å².